The number of carbonyl (C=O) groups excluding carboxylic acids is 2. The summed E-state index contributed by atoms with van der Waals surface area (Å²) in [6.45, 7) is 0.785. The summed E-state index contributed by atoms with van der Waals surface area (Å²) in [5.74, 6) is 0.0462. The van der Waals surface area contributed by atoms with Crippen LogP contribution in [0.3, 0.4) is 0 Å². The van der Waals surface area contributed by atoms with Gasteiger partial charge in [-0.3, -0.25) is 9.59 Å². The Morgan fingerprint density at radius 2 is 1.88 bits per heavy atom. The lowest BCUT2D eigenvalue weighted by atomic mass is 9.89. The smallest absolute Gasteiger partial charge is 0.255 e. The molecule has 0 fully saturated rings. The quantitative estimate of drug-likeness (QED) is 0.903. The zero-order chi connectivity index (χ0) is 16.7. The summed E-state index contributed by atoms with van der Waals surface area (Å²) < 4.78 is 0. The molecule has 0 saturated carbocycles. The van der Waals surface area contributed by atoms with E-state index in [9.17, 15) is 9.59 Å². The minimum atomic E-state index is -0.148. The van der Waals surface area contributed by atoms with Gasteiger partial charge in [0.25, 0.3) is 5.91 Å². The van der Waals surface area contributed by atoms with Crippen molar-refractivity contribution < 1.29 is 9.59 Å². The average Bonchev–Trinajstić information content (AvgIpc) is 2.58. The molecule has 0 spiro atoms. The predicted octanol–water partition coefficient (Wildman–Crippen LogP) is 3.82. The number of aryl methyl sites for hydroxylation is 2. The number of amides is 2. The standard InChI is InChI=1S/C19H17ClN2O2/c20-15-4-1-5-16(11-15)21-19(24)14-9-12-3-2-8-22-17(23)7-6-13(10-14)18(12)22/h1,4-5,9-11H,2-3,6-8H2,(H,21,24). The first-order valence-electron chi connectivity index (χ1n) is 8.15. The van der Waals surface area contributed by atoms with Crippen LogP contribution in [0.25, 0.3) is 0 Å². The van der Waals surface area contributed by atoms with Crippen LogP contribution in [-0.2, 0) is 17.6 Å². The molecule has 4 nitrogen and oxygen atoms in total. The van der Waals surface area contributed by atoms with E-state index in [0.717, 1.165) is 36.2 Å². The highest BCUT2D eigenvalue weighted by Gasteiger charge is 2.30. The number of nitrogens with zero attached hydrogens (tertiary/aromatic N) is 1. The van der Waals surface area contributed by atoms with E-state index in [-0.39, 0.29) is 11.8 Å². The first kappa shape index (κ1) is 15.2. The van der Waals surface area contributed by atoms with Gasteiger partial charge in [0.2, 0.25) is 5.91 Å². The Labute approximate surface area is 145 Å². The zero-order valence-corrected chi connectivity index (χ0v) is 13.9. The molecule has 0 bridgehead atoms. The van der Waals surface area contributed by atoms with Gasteiger partial charge >= 0.3 is 0 Å². The maximum Gasteiger partial charge on any atom is 0.255 e. The molecule has 122 valence electrons. The Morgan fingerprint density at radius 1 is 1.08 bits per heavy atom. The summed E-state index contributed by atoms with van der Waals surface area (Å²) in [4.78, 5) is 26.6. The number of nitrogens with one attached hydrogen (secondary N) is 1. The molecule has 2 aromatic rings. The fourth-order valence-corrected chi connectivity index (χ4v) is 3.74. The molecule has 2 aromatic carbocycles. The summed E-state index contributed by atoms with van der Waals surface area (Å²) in [7, 11) is 0. The van der Waals surface area contributed by atoms with Gasteiger partial charge in [0, 0.05) is 29.2 Å². The molecule has 4 rings (SSSR count). The first-order chi connectivity index (χ1) is 11.6. The molecule has 24 heavy (non-hydrogen) atoms. The number of hydrogen-bond acceptors (Lipinski definition) is 2. The van der Waals surface area contributed by atoms with Gasteiger partial charge in [-0.05, 0) is 60.7 Å². The molecule has 0 unspecified atom stereocenters. The molecule has 2 amide bonds. The van der Waals surface area contributed by atoms with Crippen molar-refractivity contribution in [3.05, 3.63) is 58.1 Å². The third-order valence-electron chi connectivity index (χ3n) is 4.62. The van der Waals surface area contributed by atoms with Crippen molar-refractivity contribution in [1.29, 1.82) is 0 Å². The number of benzene rings is 2. The second kappa shape index (κ2) is 5.95. The molecule has 0 radical (unpaired) electrons. The minimum Gasteiger partial charge on any atom is -0.322 e. The molecule has 0 aromatic heterocycles. The summed E-state index contributed by atoms with van der Waals surface area (Å²) in [6.07, 6.45) is 3.07. The minimum absolute atomic E-state index is 0.148. The fourth-order valence-electron chi connectivity index (χ4n) is 3.55. The van der Waals surface area contributed by atoms with Crippen LogP contribution in [0.2, 0.25) is 5.02 Å². The van der Waals surface area contributed by atoms with E-state index in [4.69, 9.17) is 11.6 Å². The largest absolute Gasteiger partial charge is 0.322 e. The second-order valence-corrected chi connectivity index (χ2v) is 6.69. The van der Waals surface area contributed by atoms with Crippen LogP contribution in [0.5, 0.6) is 0 Å². The van der Waals surface area contributed by atoms with E-state index < -0.39 is 0 Å². The monoisotopic (exact) mass is 340 g/mol. The van der Waals surface area contributed by atoms with E-state index in [2.05, 4.69) is 5.32 Å². The molecular weight excluding hydrogens is 324 g/mol. The molecule has 1 N–H and O–H groups in total. The van der Waals surface area contributed by atoms with Crippen LogP contribution in [-0.4, -0.2) is 18.4 Å². The highest BCUT2D eigenvalue weighted by Crippen LogP contribution is 2.36. The van der Waals surface area contributed by atoms with Gasteiger partial charge in [-0.15, -0.1) is 0 Å². The van der Waals surface area contributed by atoms with E-state index in [1.807, 2.05) is 23.1 Å². The maximum absolute atomic E-state index is 12.6. The van der Waals surface area contributed by atoms with E-state index in [1.54, 1.807) is 18.2 Å². The number of hydrogen-bond donors (Lipinski definition) is 1. The third-order valence-corrected chi connectivity index (χ3v) is 4.85. The summed E-state index contributed by atoms with van der Waals surface area (Å²) in [6, 6.07) is 11.0. The topological polar surface area (TPSA) is 49.4 Å². The van der Waals surface area contributed by atoms with Crippen molar-refractivity contribution in [2.45, 2.75) is 25.7 Å². The van der Waals surface area contributed by atoms with E-state index >= 15 is 0 Å². The first-order valence-corrected chi connectivity index (χ1v) is 8.53. The third kappa shape index (κ3) is 2.67. The maximum atomic E-state index is 12.6. The van der Waals surface area contributed by atoms with Gasteiger partial charge in [0.1, 0.15) is 0 Å². The van der Waals surface area contributed by atoms with Crippen LogP contribution >= 0.6 is 11.6 Å². The number of anilines is 2. The molecule has 0 saturated heterocycles. The van der Waals surface area contributed by atoms with Gasteiger partial charge in [-0.25, -0.2) is 0 Å². The lowest BCUT2D eigenvalue weighted by Gasteiger charge is -2.35. The van der Waals surface area contributed by atoms with Crippen molar-refractivity contribution in [2.24, 2.45) is 0 Å². The normalized spacial score (nSPS) is 15.9. The van der Waals surface area contributed by atoms with Crippen LogP contribution < -0.4 is 10.2 Å². The molecular formula is C19H17ClN2O2. The Hall–Kier alpha value is -2.33. The number of halogens is 1. The van der Waals surface area contributed by atoms with Crippen molar-refractivity contribution in [3.63, 3.8) is 0 Å². The lowest BCUT2D eigenvalue weighted by molar-refractivity contribution is -0.119. The van der Waals surface area contributed by atoms with Crippen molar-refractivity contribution in [3.8, 4) is 0 Å². The van der Waals surface area contributed by atoms with Crippen molar-refractivity contribution >= 4 is 34.8 Å². The summed E-state index contributed by atoms with van der Waals surface area (Å²) in [5, 5.41) is 3.48. The molecule has 0 aliphatic carbocycles. The molecule has 2 heterocycles. The van der Waals surface area contributed by atoms with Crippen LogP contribution in [0, 0.1) is 0 Å². The second-order valence-electron chi connectivity index (χ2n) is 6.26. The highest BCUT2D eigenvalue weighted by atomic mass is 35.5. The van der Waals surface area contributed by atoms with Gasteiger partial charge in [-0.1, -0.05) is 17.7 Å². The number of carbonyl (C=O) groups is 2. The summed E-state index contributed by atoms with van der Waals surface area (Å²) >= 11 is 5.97. The van der Waals surface area contributed by atoms with Crippen molar-refractivity contribution in [1.82, 2.24) is 0 Å². The van der Waals surface area contributed by atoms with Crippen LogP contribution in [0.4, 0.5) is 11.4 Å². The lowest BCUT2D eigenvalue weighted by Crippen LogP contribution is -2.39. The van der Waals surface area contributed by atoms with E-state index in [0.29, 0.717) is 29.1 Å². The van der Waals surface area contributed by atoms with Crippen LogP contribution in [0.15, 0.2) is 36.4 Å². The average molecular weight is 341 g/mol. The Kier molecular flexibility index (Phi) is 3.77. The highest BCUT2D eigenvalue weighted by molar-refractivity contribution is 6.31. The predicted molar refractivity (Wildman–Crippen MR) is 94.8 cm³/mol. The molecule has 0 atom stereocenters. The molecule has 2 aliphatic heterocycles. The Bertz CT molecular complexity index is 830. The molecule has 5 heteroatoms. The summed E-state index contributed by atoms with van der Waals surface area (Å²) in [5.41, 5.74) is 4.55. The van der Waals surface area contributed by atoms with Crippen molar-refractivity contribution in [2.75, 3.05) is 16.8 Å². The van der Waals surface area contributed by atoms with Gasteiger partial charge in [0.05, 0.1) is 5.69 Å². The number of rotatable bonds is 2. The zero-order valence-electron chi connectivity index (χ0n) is 13.1. The fraction of sp³-hybridized carbons (Fsp3) is 0.263. The Balaban J connectivity index is 1.67. The molecule has 2 aliphatic rings. The van der Waals surface area contributed by atoms with Gasteiger partial charge in [0.15, 0.2) is 0 Å². The van der Waals surface area contributed by atoms with Gasteiger partial charge < -0.3 is 10.2 Å². The van der Waals surface area contributed by atoms with Crippen LogP contribution in [0.1, 0.15) is 34.3 Å². The SMILES string of the molecule is O=C(Nc1cccc(Cl)c1)c1cc2c3c(c1)CCC(=O)N3CCC2. The Morgan fingerprint density at radius 3 is 2.67 bits per heavy atom. The van der Waals surface area contributed by atoms with Gasteiger partial charge in [-0.2, -0.15) is 0 Å². The van der Waals surface area contributed by atoms with E-state index in [1.165, 1.54) is 0 Å².